The molecule has 2 rings (SSSR count). The summed E-state index contributed by atoms with van der Waals surface area (Å²) >= 11 is 6.02. The molecule has 144 valence electrons. The van der Waals surface area contributed by atoms with Gasteiger partial charge < -0.3 is 10.1 Å². The summed E-state index contributed by atoms with van der Waals surface area (Å²) < 4.78 is 31.7. The molecule has 0 atom stereocenters. The van der Waals surface area contributed by atoms with E-state index in [0.717, 1.165) is 0 Å². The number of ether oxygens (including phenoxy) is 1. The van der Waals surface area contributed by atoms with Gasteiger partial charge in [0.25, 0.3) is 0 Å². The molecule has 0 saturated heterocycles. The molecule has 0 bridgehead atoms. The minimum Gasteiger partial charge on any atom is -0.495 e. The van der Waals surface area contributed by atoms with Gasteiger partial charge in [-0.25, -0.2) is 13.1 Å². The molecule has 0 aromatic heterocycles. The summed E-state index contributed by atoms with van der Waals surface area (Å²) in [6.45, 7) is 3.51. The maximum absolute atomic E-state index is 12.1. The molecule has 0 spiro atoms. The Kier molecular flexibility index (Phi) is 7.01. The molecule has 0 aliphatic rings. The highest BCUT2D eigenvalue weighted by Gasteiger charge is 2.14. The van der Waals surface area contributed by atoms with Crippen LogP contribution in [0.15, 0.2) is 53.4 Å². The number of carbonyl (C=O) groups is 1. The third-order valence-electron chi connectivity index (χ3n) is 3.43. The van der Waals surface area contributed by atoms with Crippen molar-refractivity contribution in [2.24, 2.45) is 0 Å². The normalized spacial score (nSPS) is 11.7. The highest BCUT2D eigenvalue weighted by Crippen LogP contribution is 2.27. The largest absolute Gasteiger partial charge is 0.495 e. The Morgan fingerprint density at radius 3 is 2.37 bits per heavy atom. The maximum atomic E-state index is 12.1. The zero-order valence-corrected chi connectivity index (χ0v) is 16.8. The van der Waals surface area contributed by atoms with E-state index in [1.165, 1.54) is 25.3 Å². The van der Waals surface area contributed by atoms with E-state index in [9.17, 15) is 13.2 Å². The fraction of sp³-hybridized carbons (Fsp3) is 0.211. The summed E-state index contributed by atoms with van der Waals surface area (Å²) in [5, 5.41) is 3.08. The van der Waals surface area contributed by atoms with Crippen LogP contribution in [0.5, 0.6) is 5.75 Å². The van der Waals surface area contributed by atoms with Crippen LogP contribution in [-0.2, 0) is 14.8 Å². The second kappa shape index (κ2) is 9.03. The van der Waals surface area contributed by atoms with Crippen molar-refractivity contribution in [3.05, 3.63) is 59.1 Å². The van der Waals surface area contributed by atoms with Gasteiger partial charge in [-0.2, -0.15) is 0 Å². The number of carbonyl (C=O) groups excluding carboxylic acids is 1. The van der Waals surface area contributed by atoms with Crippen molar-refractivity contribution in [3.63, 3.8) is 0 Å². The molecule has 2 N–H and O–H groups in total. The highest BCUT2D eigenvalue weighted by molar-refractivity contribution is 7.89. The van der Waals surface area contributed by atoms with E-state index < -0.39 is 10.0 Å². The molecule has 0 heterocycles. The fourth-order valence-corrected chi connectivity index (χ4v) is 3.75. The molecule has 0 unspecified atom stereocenters. The van der Waals surface area contributed by atoms with Crippen LogP contribution in [0.25, 0.3) is 6.08 Å². The smallest absolute Gasteiger partial charge is 0.248 e. The van der Waals surface area contributed by atoms with Gasteiger partial charge in [0.05, 0.1) is 17.0 Å². The van der Waals surface area contributed by atoms with Crippen LogP contribution in [0.3, 0.4) is 0 Å². The van der Waals surface area contributed by atoms with Crippen LogP contribution < -0.4 is 14.8 Å². The summed E-state index contributed by atoms with van der Waals surface area (Å²) in [7, 11) is -2.02. The van der Waals surface area contributed by atoms with E-state index in [1.54, 1.807) is 50.3 Å². The number of benzene rings is 2. The molecule has 2 aromatic rings. The van der Waals surface area contributed by atoms with Gasteiger partial charge in [0.1, 0.15) is 5.75 Å². The summed E-state index contributed by atoms with van der Waals surface area (Å²) in [5.74, 6) is 0.182. The Hall–Kier alpha value is -2.35. The van der Waals surface area contributed by atoms with Crippen LogP contribution >= 0.6 is 11.6 Å². The van der Waals surface area contributed by atoms with Gasteiger partial charge in [-0.1, -0.05) is 23.7 Å². The van der Waals surface area contributed by atoms with Gasteiger partial charge in [-0.05, 0) is 55.8 Å². The lowest BCUT2D eigenvalue weighted by Crippen LogP contribution is -2.30. The average molecular weight is 409 g/mol. The number of hydrogen-bond acceptors (Lipinski definition) is 4. The van der Waals surface area contributed by atoms with E-state index in [0.29, 0.717) is 22.0 Å². The molecule has 1 amide bonds. The van der Waals surface area contributed by atoms with Crippen LogP contribution in [0, 0.1) is 0 Å². The van der Waals surface area contributed by atoms with Crippen molar-refractivity contribution in [1.82, 2.24) is 4.72 Å². The average Bonchev–Trinajstić information content (AvgIpc) is 2.59. The second-order valence-corrected chi connectivity index (χ2v) is 8.14. The topological polar surface area (TPSA) is 84.5 Å². The van der Waals surface area contributed by atoms with Gasteiger partial charge >= 0.3 is 0 Å². The number of amides is 1. The predicted molar refractivity (Wildman–Crippen MR) is 108 cm³/mol. The molecule has 0 saturated carbocycles. The molecular weight excluding hydrogens is 388 g/mol. The Morgan fingerprint density at radius 1 is 1.15 bits per heavy atom. The summed E-state index contributed by atoms with van der Waals surface area (Å²) in [6.07, 6.45) is 2.95. The summed E-state index contributed by atoms with van der Waals surface area (Å²) in [4.78, 5) is 12.2. The zero-order chi connectivity index (χ0) is 20.0. The third kappa shape index (κ3) is 6.09. The Balaban J connectivity index is 2.03. The number of methoxy groups -OCH3 is 1. The van der Waals surface area contributed by atoms with Gasteiger partial charge in [-0.3, -0.25) is 4.79 Å². The molecule has 2 aromatic carbocycles. The van der Waals surface area contributed by atoms with Crippen LogP contribution in [0.1, 0.15) is 19.4 Å². The lowest BCUT2D eigenvalue weighted by atomic mass is 10.2. The van der Waals surface area contributed by atoms with Crippen molar-refractivity contribution in [2.75, 3.05) is 12.4 Å². The van der Waals surface area contributed by atoms with Gasteiger partial charge in [0, 0.05) is 17.8 Å². The second-order valence-electron chi connectivity index (χ2n) is 6.02. The molecule has 6 nitrogen and oxygen atoms in total. The third-order valence-corrected chi connectivity index (χ3v) is 5.40. The number of nitrogens with one attached hydrogen (secondary N) is 2. The van der Waals surface area contributed by atoms with E-state index in [4.69, 9.17) is 16.3 Å². The van der Waals surface area contributed by atoms with Gasteiger partial charge in [0.2, 0.25) is 15.9 Å². The number of halogens is 1. The first-order chi connectivity index (χ1) is 12.7. The molecule has 0 radical (unpaired) electrons. The fourth-order valence-electron chi connectivity index (χ4n) is 2.24. The monoisotopic (exact) mass is 408 g/mol. The zero-order valence-electron chi connectivity index (χ0n) is 15.2. The van der Waals surface area contributed by atoms with Gasteiger partial charge in [-0.15, -0.1) is 0 Å². The quantitative estimate of drug-likeness (QED) is 0.684. The summed E-state index contributed by atoms with van der Waals surface area (Å²) in [5.41, 5.74) is 1.23. The minimum atomic E-state index is -3.53. The van der Waals surface area contributed by atoms with E-state index in [2.05, 4.69) is 10.0 Å². The summed E-state index contributed by atoms with van der Waals surface area (Å²) in [6, 6.07) is 11.0. The molecule has 27 heavy (non-hydrogen) atoms. The van der Waals surface area contributed by atoms with Gasteiger partial charge in [0.15, 0.2) is 0 Å². The van der Waals surface area contributed by atoms with Crippen LogP contribution in [-0.4, -0.2) is 27.5 Å². The SMILES string of the molecule is COc1ccc(NC(=O)/C=C/c2ccc(S(=O)(=O)NC(C)C)cc2)cc1Cl. The van der Waals surface area contributed by atoms with Crippen LogP contribution in [0.2, 0.25) is 5.02 Å². The molecule has 8 heteroatoms. The minimum absolute atomic E-state index is 0.172. The first kappa shape index (κ1) is 21.0. The van der Waals surface area contributed by atoms with E-state index in [-0.39, 0.29) is 16.8 Å². The lowest BCUT2D eigenvalue weighted by Gasteiger charge is -2.09. The van der Waals surface area contributed by atoms with E-state index >= 15 is 0 Å². The molecule has 0 fully saturated rings. The molecule has 0 aliphatic carbocycles. The first-order valence-corrected chi connectivity index (χ1v) is 10.0. The Morgan fingerprint density at radius 2 is 1.81 bits per heavy atom. The standard InChI is InChI=1S/C19H21ClN2O4S/c1-13(2)22-27(24,25)16-8-4-14(5-9-16)6-11-19(23)21-15-7-10-18(26-3)17(20)12-15/h4-13,22H,1-3H3,(H,21,23)/b11-6+. The Labute approximate surface area is 164 Å². The number of rotatable bonds is 7. The number of anilines is 1. The Bertz CT molecular complexity index is 939. The van der Waals surface area contributed by atoms with Crippen molar-refractivity contribution in [3.8, 4) is 5.75 Å². The van der Waals surface area contributed by atoms with Crippen molar-refractivity contribution in [1.29, 1.82) is 0 Å². The van der Waals surface area contributed by atoms with Crippen LogP contribution in [0.4, 0.5) is 5.69 Å². The first-order valence-electron chi connectivity index (χ1n) is 8.16. The number of hydrogen-bond donors (Lipinski definition) is 2. The van der Waals surface area contributed by atoms with Crippen molar-refractivity contribution in [2.45, 2.75) is 24.8 Å². The predicted octanol–water partition coefficient (Wildman–Crippen LogP) is 3.69. The molecule has 0 aliphatic heterocycles. The van der Waals surface area contributed by atoms with E-state index in [1.807, 2.05) is 0 Å². The van der Waals surface area contributed by atoms with Crippen molar-refractivity contribution < 1.29 is 17.9 Å². The molecular formula is C19H21ClN2O4S. The lowest BCUT2D eigenvalue weighted by molar-refractivity contribution is -0.111. The van der Waals surface area contributed by atoms with Crippen molar-refractivity contribution >= 4 is 39.3 Å². The highest BCUT2D eigenvalue weighted by atomic mass is 35.5. The maximum Gasteiger partial charge on any atom is 0.248 e. The number of sulfonamides is 1.